The first-order valence-corrected chi connectivity index (χ1v) is 6.60. The van der Waals surface area contributed by atoms with Gasteiger partial charge in [0.15, 0.2) is 0 Å². The zero-order valence-corrected chi connectivity index (χ0v) is 10.8. The Bertz CT molecular complexity index is 175. The average molecular weight is 213 g/mol. The fourth-order valence-corrected chi connectivity index (χ4v) is 3.27. The van der Waals surface area contributed by atoms with Crippen molar-refractivity contribution in [3.8, 4) is 0 Å². The lowest BCUT2D eigenvalue weighted by atomic mass is 9.73. The Morgan fingerprint density at radius 1 is 0.867 bits per heavy atom. The van der Waals surface area contributed by atoms with E-state index in [2.05, 4.69) is 27.7 Å². The monoisotopic (exact) mass is 213 g/mol. The molecule has 1 saturated heterocycles. The van der Waals surface area contributed by atoms with Crippen LogP contribution in [0.3, 0.4) is 0 Å². The standard InChI is InChI=1S/C13H27NO/c1-5-12(6-2)10-9-11-13(7-3,8-4)14(12)15/h15H,5-11H2,1-4H3. The molecule has 2 nitrogen and oxygen atoms in total. The molecule has 0 aromatic carbocycles. The second-order valence-corrected chi connectivity index (χ2v) is 5.03. The van der Waals surface area contributed by atoms with E-state index >= 15 is 0 Å². The van der Waals surface area contributed by atoms with Crippen LogP contribution in [0.5, 0.6) is 0 Å². The van der Waals surface area contributed by atoms with Gasteiger partial charge in [0.2, 0.25) is 0 Å². The van der Waals surface area contributed by atoms with E-state index in [4.69, 9.17) is 0 Å². The van der Waals surface area contributed by atoms with Gasteiger partial charge in [-0.2, -0.15) is 5.06 Å². The van der Waals surface area contributed by atoms with Crippen molar-refractivity contribution in [1.29, 1.82) is 0 Å². The molecule has 1 aliphatic rings. The van der Waals surface area contributed by atoms with E-state index in [1.165, 1.54) is 6.42 Å². The zero-order chi connectivity index (χ0) is 11.5. The third-order valence-corrected chi connectivity index (χ3v) is 4.82. The van der Waals surface area contributed by atoms with Gasteiger partial charge in [-0.15, -0.1) is 0 Å². The van der Waals surface area contributed by atoms with Crippen molar-refractivity contribution in [3.63, 3.8) is 0 Å². The number of piperidine rings is 1. The van der Waals surface area contributed by atoms with Gasteiger partial charge in [-0.25, -0.2) is 0 Å². The highest BCUT2D eigenvalue weighted by Gasteiger charge is 2.47. The zero-order valence-electron chi connectivity index (χ0n) is 10.8. The van der Waals surface area contributed by atoms with E-state index in [9.17, 15) is 5.21 Å². The molecule has 0 aliphatic carbocycles. The summed E-state index contributed by atoms with van der Waals surface area (Å²) in [7, 11) is 0. The topological polar surface area (TPSA) is 23.5 Å². The lowest BCUT2D eigenvalue weighted by molar-refractivity contribution is -0.266. The van der Waals surface area contributed by atoms with Crippen LogP contribution in [0.4, 0.5) is 0 Å². The Hall–Kier alpha value is -0.0800. The van der Waals surface area contributed by atoms with Gasteiger partial charge in [-0.05, 0) is 44.9 Å². The van der Waals surface area contributed by atoms with Gasteiger partial charge in [0.05, 0.1) is 0 Å². The maximum absolute atomic E-state index is 10.6. The van der Waals surface area contributed by atoms with Crippen molar-refractivity contribution in [1.82, 2.24) is 5.06 Å². The van der Waals surface area contributed by atoms with E-state index in [0.717, 1.165) is 38.5 Å². The minimum Gasteiger partial charge on any atom is -0.313 e. The first-order chi connectivity index (χ1) is 7.10. The molecule has 1 N–H and O–H groups in total. The Labute approximate surface area is 94.6 Å². The first-order valence-electron chi connectivity index (χ1n) is 6.60. The highest BCUT2D eigenvalue weighted by atomic mass is 16.5. The van der Waals surface area contributed by atoms with Gasteiger partial charge in [0.1, 0.15) is 0 Å². The molecule has 15 heavy (non-hydrogen) atoms. The van der Waals surface area contributed by atoms with Crippen LogP contribution in [-0.4, -0.2) is 21.3 Å². The number of hydrogen-bond donors (Lipinski definition) is 1. The largest absolute Gasteiger partial charge is 0.313 e. The van der Waals surface area contributed by atoms with E-state index in [0.29, 0.717) is 0 Å². The van der Waals surface area contributed by atoms with Gasteiger partial charge in [-0.3, -0.25) is 0 Å². The van der Waals surface area contributed by atoms with Crippen LogP contribution in [-0.2, 0) is 0 Å². The lowest BCUT2D eigenvalue weighted by Crippen LogP contribution is -2.61. The molecule has 0 spiro atoms. The van der Waals surface area contributed by atoms with Crippen molar-refractivity contribution < 1.29 is 5.21 Å². The Morgan fingerprint density at radius 3 is 1.47 bits per heavy atom. The number of hydroxylamine groups is 2. The predicted octanol–water partition coefficient (Wildman–Crippen LogP) is 3.98. The highest BCUT2D eigenvalue weighted by Crippen LogP contribution is 2.44. The van der Waals surface area contributed by atoms with Crippen LogP contribution < -0.4 is 0 Å². The fourth-order valence-electron chi connectivity index (χ4n) is 3.27. The summed E-state index contributed by atoms with van der Waals surface area (Å²) in [5.74, 6) is 0. The van der Waals surface area contributed by atoms with E-state index in [1.54, 1.807) is 5.06 Å². The normalized spacial score (nSPS) is 25.4. The molecule has 1 heterocycles. The van der Waals surface area contributed by atoms with Crippen molar-refractivity contribution in [3.05, 3.63) is 0 Å². The smallest absolute Gasteiger partial charge is 0.0461 e. The second kappa shape index (κ2) is 4.84. The molecule has 1 rings (SSSR count). The van der Waals surface area contributed by atoms with Gasteiger partial charge in [-0.1, -0.05) is 27.7 Å². The van der Waals surface area contributed by atoms with Crippen molar-refractivity contribution in [2.75, 3.05) is 0 Å². The third kappa shape index (κ3) is 1.94. The summed E-state index contributed by atoms with van der Waals surface area (Å²) < 4.78 is 0. The van der Waals surface area contributed by atoms with Crippen LogP contribution in [0.25, 0.3) is 0 Å². The van der Waals surface area contributed by atoms with Crippen molar-refractivity contribution in [2.45, 2.75) is 83.7 Å². The highest BCUT2D eigenvalue weighted by molar-refractivity contribution is 4.99. The van der Waals surface area contributed by atoms with Crippen molar-refractivity contribution >= 4 is 0 Å². The summed E-state index contributed by atoms with van der Waals surface area (Å²) in [4.78, 5) is 0. The second-order valence-electron chi connectivity index (χ2n) is 5.03. The molecule has 0 aromatic rings. The van der Waals surface area contributed by atoms with Gasteiger partial charge in [0.25, 0.3) is 0 Å². The van der Waals surface area contributed by atoms with Gasteiger partial charge >= 0.3 is 0 Å². The van der Waals surface area contributed by atoms with Crippen LogP contribution in [0.1, 0.15) is 72.6 Å². The Morgan fingerprint density at radius 2 is 1.20 bits per heavy atom. The number of rotatable bonds is 4. The molecule has 0 unspecified atom stereocenters. The maximum atomic E-state index is 10.6. The number of hydrogen-bond acceptors (Lipinski definition) is 2. The molecular weight excluding hydrogens is 186 g/mol. The molecule has 0 bridgehead atoms. The quantitative estimate of drug-likeness (QED) is 0.763. The minimum atomic E-state index is 0.0459. The summed E-state index contributed by atoms with van der Waals surface area (Å²) in [6.07, 6.45) is 7.80. The molecule has 1 aliphatic heterocycles. The molecule has 0 radical (unpaired) electrons. The van der Waals surface area contributed by atoms with Crippen LogP contribution in [0.2, 0.25) is 0 Å². The molecular formula is C13H27NO. The third-order valence-electron chi connectivity index (χ3n) is 4.82. The maximum Gasteiger partial charge on any atom is 0.0461 e. The summed E-state index contributed by atoms with van der Waals surface area (Å²) in [5.41, 5.74) is 0.0918. The van der Waals surface area contributed by atoms with Crippen LogP contribution >= 0.6 is 0 Å². The SMILES string of the molecule is CCC1(CC)CCCC(CC)(CC)N1O. The molecule has 1 fully saturated rings. The van der Waals surface area contributed by atoms with Crippen LogP contribution in [0.15, 0.2) is 0 Å². The van der Waals surface area contributed by atoms with Crippen LogP contribution in [0, 0.1) is 0 Å². The molecule has 0 atom stereocenters. The van der Waals surface area contributed by atoms with Gasteiger partial charge < -0.3 is 5.21 Å². The first kappa shape index (κ1) is 13.0. The number of nitrogens with zero attached hydrogens (tertiary/aromatic N) is 1. The van der Waals surface area contributed by atoms with Crippen molar-refractivity contribution in [2.24, 2.45) is 0 Å². The summed E-state index contributed by atoms with van der Waals surface area (Å²) in [5, 5.41) is 12.3. The fraction of sp³-hybridized carbons (Fsp3) is 1.00. The molecule has 2 heteroatoms. The van der Waals surface area contributed by atoms with E-state index < -0.39 is 0 Å². The molecule has 0 saturated carbocycles. The Kier molecular flexibility index (Phi) is 4.19. The minimum absolute atomic E-state index is 0.0459. The molecule has 0 aromatic heterocycles. The average Bonchev–Trinajstić information content (AvgIpc) is 2.30. The lowest BCUT2D eigenvalue weighted by Gasteiger charge is -2.54. The van der Waals surface area contributed by atoms with Gasteiger partial charge in [0, 0.05) is 11.1 Å². The predicted molar refractivity (Wildman–Crippen MR) is 64.1 cm³/mol. The Balaban J connectivity index is 2.95. The molecule has 0 amide bonds. The summed E-state index contributed by atoms with van der Waals surface area (Å²) in [6, 6.07) is 0. The van der Waals surface area contributed by atoms with E-state index in [-0.39, 0.29) is 11.1 Å². The molecule has 90 valence electrons. The van der Waals surface area contributed by atoms with E-state index in [1.807, 2.05) is 0 Å². The summed E-state index contributed by atoms with van der Waals surface area (Å²) in [6.45, 7) is 8.81. The summed E-state index contributed by atoms with van der Waals surface area (Å²) >= 11 is 0.